The Kier molecular flexibility index (Phi) is 4.10. The maximum atomic E-state index is 13.4. The van der Waals surface area contributed by atoms with E-state index in [0.29, 0.717) is 6.29 Å². The highest BCUT2D eigenvalue weighted by Crippen LogP contribution is 2.28. The van der Waals surface area contributed by atoms with Crippen LogP contribution in [0.3, 0.4) is 0 Å². The van der Waals surface area contributed by atoms with Gasteiger partial charge in [-0.25, -0.2) is 13.2 Å². The first-order chi connectivity index (χ1) is 7.47. The highest BCUT2D eigenvalue weighted by atomic mass is 19.2. The lowest BCUT2D eigenvalue weighted by Gasteiger charge is -2.13. The van der Waals surface area contributed by atoms with Gasteiger partial charge in [0.25, 0.3) is 0 Å². The third kappa shape index (κ3) is 2.62. The van der Waals surface area contributed by atoms with Crippen molar-refractivity contribution in [2.75, 3.05) is 0 Å². The number of aldehydes is 1. The van der Waals surface area contributed by atoms with Crippen molar-refractivity contribution in [1.82, 2.24) is 0 Å². The molecular weight excluding hydrogens is 217 g/mol. The van der Waals surface area contributed by atoms with Crippen LogP contribution in [0.4, 0.5) is 13.2 Å². The molecule has 0 heterocycles. The lowest BCUT2D eigenvalue weighted by atomic mass is 9.95. The van der Waals surface area contributed by atoms with Crippen LogP contribution in [0, 0.1) is 11.6 Å². The Morgan fingerprint density at radius 2 is 1.94 bits per heavy atom. The second-order valence-electron chi connectivity index (χ2n) is 3.83. The molecule has 0 amide bonds. The van der Waals surface area contributed by atoms with Gasteiger partial charge in [-0.05, 0) is 36.1 Å². The van der Waals surface area contributed by atoms with Gasteiger partial charge < -0.3 is 4.79 Å². The van der Waals surface area contributed by atoms with Crippen LogP contribution in [0.15, 0.2) is 12.1 Å². The van der Waals surface area contributed by atoms with E-state index in [9.17, 15) is 18.0 Å². The molecule has 2 atom stereocenters. The van der Waals surface area contributed by atoms with Crippen molar-refractivity contribution in [1.29, 1.82) is 0 Å². The van der Waals surface area contributed by atoms with E-state index in [-0.39, 0.29) is 17.5 Å². The first kappa shape index (κ1) is 12.7. The van der Waals surface area contributed by atoms with Gasteiger partial charge >= 0.3 is 0 Å². The van der Waals surface area contributed by atoms with Crippen LogP contribution in [0.1, 0.15) is 43.5 Å². The molecule has 0 bridgehead atoms. The number of halogens is 3. The summed E-state index contributed by atoms with van der Waals surface area (Å²) in [6.07, 6.45) is -0.647. The van der Waals surface area contributed by atoms with Crippen molar-refractivity contribution in [3.63, 3.8) is 0 Å². The minimum absolute atomic E-state index is 0.0478. The predicted octanol–water partition coefficient (Wildman–Crippen LogP) is 3.69. The Morgan fingerprint density at radius 1 is 1.31 bits per heavy atom. The molecule has 0 aliphatic rings. The van der Waals surface area contributed by atoms with E-state index in [1.165, 1.54) is 13.0 Å². The monoisotopic (exact) mass is 230 g/mol. The molecule has 0 aliphatic heterocycles. The molecule has 1 rings (SSSR count). The Morgan fingerprint density at radius 3 is 2.44 bits per heavy atom. The molecule has 0 aliphatic carbocycles. The molecule has 88 valence electrons. The van der Waals surface area contributed by atoms with Gasteiger partial charge in [-0.15, -0.1) is 0 Å². The molecule has 16 heavy (non-hydrogen) atoms. The van der Waals surface area contributed by atoms with Crippen molar-refractivity contribution in [2.24, 2.45) is 0 Å². The van der Waals surface area contributed by atoms with Crippen molar-refractivity contribution >= 4 is 6.29 Å². The van der Waals surface area contributed by atoms with Gasteiger partial charge in [0.1, 0.15) is 12.5 Å². The minimum Gasteiger partial charge on any atom is -0.303 e. The van der Waals surface area contributed by atoms with Crippen molar-refractivity contribution in [2.45, 2.75) is 32.4 Å². The van der Waals surface area contributed by atoms with Gasteiger partial charge in [-0.1, -0.05) is 6.92 Å². The van der Waals surface area contributed by atoms with E-state index < -0.39 is 23.7 Å². The third-order valence-corrected chi connectivity index (χ3v) is 2.52. The third-order valence-electron chi connectivity index (χ3n) is 2.52. The van der Waals surface area contributed by atoms with E-state index in [2.05, 4.69) is 0 Å². The van der Waals surface area contributed by atoms with Crippen molar-refractivity contribution in [3.05, 3.63) is 34.9 Å². The zero-order valence-corrected chi connectivity index (χ0v) is 9.14. The second kappa shape index (κ2) is 5.14. The van der Waals surface area contributed by atoms with Gasteiger partial charge in [0, 0.05) is 6.42 Å². The molecule has 1 aromatic carbocycles. The zero-order valence-electron chi connectivity index (χ0n) is 9.14. The number of alkyl halides is 1. The van der Waals surface area contributed by atoms with Crippen LogP contribution in [-0.2, 0) is 4.79 Å². The van der Waals surface area contributed by atoms with E-state index in [4.69, 9.17) is 0 Å². The number of carbonyl (C=O) groups excluding carboxylic acids is 1. The van der Waals surface area contributed by atoms with E-state index >= 15 is 0 Å². The lowest BCUT2D eigenvalue weighted by Crippen LogP contribution is -2.03. The largest absolute Gasteiger partial charge is 0.303 e. The highest BCUT2D eigenvalue weighted by molar-refractivity contribution is 5.51. The number of benzene rings is 1. The molecule has 0 saturated heterocycles. The Hall–Kier alpha value is -1.32. The first-order valence-corrected chi connectivity index (χ1v) is 5.04. The normalized spacial score (nSPS) is 14.6. The Bertz CT molecular complexity index is 388. The van der Waals surface area contributed by atoms with Gasteiger partial charge in [0.2, 0.25) is 0 Å². The van der Waals surface area contributed by atoms with Crippen molar-refractivity contribution in [3.8, 4) is 0 Å². The number of carbonyl (C=O) groups is 1. The first-order valence-electron chi connectivity index (χ1n) is 5.04. The van der Waals surface area contributed by atoms with Crippen LogP contribution < -0.4 is 0 Å². The molecule has 0 aromatic heterocycles. The lowest BCUT2D eigenvalue weighted by molar-refractivity contribution is -0.108. The molecule has 0 saturated carbocycles. The molecule has 2 unspecified atom stereocenters. The topological polar surface area (TPSA) is 17.1 Å². The van der Waals surface area contributed by atoms with Crippen LogP contribution in [0.5, 0.6) is 0 Å². The molecule has 0 N–H and O–H groups in total. The summed E-state index contributed by atoms with van der Waals surface area (Å²) in [6, 6.07) is 2.12. The number of hydrogen-bond donors (Lipinski definition) is 0. The smallest absolute Gasteiger partial charge is 0.162 e. The van der Waals surface area contributed by atoms with Crippen LogP contribution in [0.2, 0.25) is 0 Å². The molecule has 0 radical (unpaired) electrons. The summed E-state index contributed by atoms with van der Waals surface area (Å²) in [5, 5.41) is 0. The van der Waals surface area contributed by atoms with Gasteiger partial charge in [0.05, 0.1) is 0 Å². The Balaban J connectivity index is 3.20. The summed E-state index contributed by atoms with van der Waals surface area (Å²) in [4.78, 5) is 10.3. The second-order valence-corrected chi connectivity index (χ2v) is 3.83. The zero-order chi connectivity index (χ0) is 12.3. The van der Waals surface area contributed by atoms with E-state index in [1.54, 1.807) is 6.92 Å². The average molecular weight is 230 g/mol. The number of rotatable bonds is 4. The average Bonchev–Trinajstić information content (AvgIpc) is 2.21. The fraction of sp³-hybridized carbons (Fsp3) is 0.417. The molecule has 0 fully saturated rings. The van der Waals surface area contributed by atoms with E-state index in [0.717, 1.165) is 6.07 Å². The predicted molar refractivity (Wildman–Crippen MR) is 55.0 cm³/mol. The summed E-state index contributed by atoms with van der Waals surface area (Å²) in [7, 11) is 0. The van der Waals surface area contributed by atoms with Gasteiger partial charge in [-0.3, -0.25) is 0 Å². The standard InChI is InChI=1S/C12H13F3O/c1-7(3-4-16)10-5-9(8(2)13)6-11(14)12(10)15/h4-8H,3H2,1-2H3. The summed E-state index contributed by atoms with van der Waals surface area (Å²) in [6.45, 7) is 2.85. The number of hydrogen-bond acceptors (Lipinski definition) is 1. The van der Waals surface area contributed by atoms with Crippen molar-refractivity contribution < 1.29 is 18.0 Å². The molecular formula is C12H13F3O. The fourth-order valence-electron chi connectivity index (χ4n) is 1.49. The SMILES string of the molecule is CC(F)c1cc(F)c(F)c(C(C)CC=O)c1. The summed E-state index contributed by atoms with van der Waals surface area (Å²) in [5.74, 6) is -2.53. The fourth-order valence-corrected chi connectivity index (χ4v) is 1.49. The highest BCUT2D eigenvalue weighted by Gasteiger charge is 2.17. The van der Waals surface area contributed by atoms with Gasteiger partial charge in [0.15, 0.2) is 11.6 Å². The molecule has 1 nitrogen and oxygen atoms in total. The molecule has 0 spiro atoms. The van der Waals surface area contributed by atoms with Crippen LogP contribution in [-0.4, -0.2) is 6.29 Å². The minimum atomic E-state index is -1.36. The maximum absolute atomic E-state index is 13.4. The maximum Gasteiger partial charge on any atom is 0.162 e. The quantitative estimate of drug-likeness (QED) is 0.721. The Labute approximate surface area is 92.3 Å². The van der Waals surface area contributed by atoms with Crippen LogP contribution >= 0.6 is 0 Å². The van der Waals surface area contributed by atoms with E-state index in [1.807, 2.05) is 0 Å². The molecule has 4 heteroatoms. The van der Waals surface area contributed by atoms with Crippen LogP contribution in [0.25, 0.3) is 0 Å². The molecule has 1 aromatic rings. The summed E-state index contributed by atoms with van der Waals surface area (Å²) in [5.41, 5.74) is 0.137. The summed E-state index contributed by atoms with van der Waals surface area (Å²) >= 11 is 0. The summed E-state index contributed by atoms with van der Waals surface area (Å²) < 4.78 is 39.6. The van der Waals surface area contributed by atoms with Gasteiger partial charge in [-0.2, -0.15) is 0 Å².